The summed E-state index contributed by atoms with van der Waals surface area (Å²) >= 11 is 0. The summed E-state index contributed by atoms with van der Waals surface area (Å²) in [5.41, 5.74) is 1.11. The van der Waals surface area contributed by atoms with Crippen molar-refractivity contribution in [1.29, 1.82) is 0 Å². The van der Waals surface area contributed by atoms with Crippen molar-refractivity contribution in [2.75, 3.05) is 46.8 Å². The Balaban J connectivity index is 0.000000353. The molecule has 0 aliphatic rings. The minimum atomic E-state index is -0.683. The highest BCUT2D eigenvalue weighted by Gasteiger charge is 2.15. The molecular weight excluding hydrogens is 510 g/mol. The second-order valence-corrected chi connectivity index (χ2v) is 7.98. The van der Waals surface area contributed by atoms with Crippen molar-refractivity contribution >= 4 is 22.9 Å². The maximum atomic E-state index is 14.3. The van der Waals surface area contributed by atoms with E-state index in [1.54, 1.807) is 30.5 Å². The molecule has 2 heterocycles. The normalized spacial score (nSPS) is 10.3. The third kappa shape index (κ3) is 7.51. The standard InChI is InChI=1S/C21H23F2N3O3.C7H7NO2/c1-24-6-4-8-28-21-12-16-13(9-20(21)27-3)18(5-7-26-16)29-19-11-14(22)17(25-2)10-15(19)23;1-10-7-2-3-8-4-6(7)5-9/h5,7,9-12,24-25H,4,6,8H2,1-3H3;2-5H,1H3. The number of fused-ring (bicyclic) bond motifs is 1. The molecule has 11 heteroatoms. The molecule has 0 radical (unpaired) electrons. The van der Waals surface area contributed by atoms with E-state index in [0.29, 0.717) is 52.4 Å². The van der Waals surface area contributed by atoms with Gasteiger partial charge in [-0.25, -0.2) is 8.78 Å². The van der Waals surface area contributed by atoms with Crippen LogP contribution in [0.4, 0.5) is 14.5 Å². The molecule has 0 saturated carbocycles. The van der Waals surface area contributed by atoms with E-state index in [4.69, 9.17) is 18.9 Å². The van der Waals surface area contributed by atoms with Gasteiger partial charge in [-0.2, -0.15) is 0 Å². The van der Waals surface area contributed by atoms with Gasteiger partial charge < -0.3 is 29.6 Å². The van der Waals surface area contributed by atoms with Crippen molar-refractivity contribution < 1.29 is 32.5 Å². The van der Waals surface area contributed by atoms with Crippen LogP contribution in [0.25, 0.3) is 10.9 Å². The van der Waals surface area contributed by atoms with E-state index in [2.05, 4.69) is 20.6 Å². The van der Waals surface area contributed by atoms with E-state index < -0.39 is 11.6 Å². The zero-order valence-electron chi connectivity index (χ0n) is 22.1. The molecule has 0 amide bonds. The average Bonchev–Trinajstić information content (AvgIpc) is 2.97. The molecule has 0 fully saturated rings. The summed E-state index contributed by atoms with van der Waals surface area (Å²) in [6.07, 6.45) is 6.12. The van der Waals surface area contributed by atoms with Crippen LogP contribution < -0.4 is 29.6 Å². The Kier molecular flexibility index (Phi) is 10.8. The number of nitrogens with zero attached hydrogens (tertiary/aromatic N) is 2. The maximum absolute atomic E-state index is 14.3. The van der Waals surface area contributed by atoms with Crippen molar-refractivity contribution in [3.63, 3.8) is 0 Å². The number of methoxy groups -OCH3 is 2. The first-order chi connectivity index (χ1) is 18.9. The molecule has 9 nitrogen and oxygen atoms in total. The quantitative estimate of drug-likeness (QED) is 0.195. The third-order valence-electron chi connectivity index (χ3n) is 5.48. The number of aldehydes is 1. The Morgan fingerprint density at radius 2 is 1.67 bits per heavy atom. The van der Waals surface area contributed by atoms with Crippen molar-refractivity contribution in [3.8, 4) is 28.7 Å². The van der Waals surface area contributed by atoms with Crippen LogP contribution in [-0.2, 0) is 0 Å². The van der Waals surface area contributed by atoms with Crippen LogP contribution in [0.15, 0.2) is 55.0 Å². The molecule has 0 aliphatic heterocycles. The number of benzene rings is 2. The molecule has 39 heavy (non-hydrogen) atoms. The summed E-state index contributed by atoms with van der Waals surface area (Å²) in [6.45, 7) is 1.35. The monoisotopic (exact) mass is 540 g/mol. The van der Waals surface area contributed by atoms with Gasteiger partial charge in [-0.3, -0.25) is 14.8 Å². The van der Waals surface area contributed by atoms with Crippen molar-refractivity contribution in [2.45, 2.75) is 6.42 Å². The molecule has 2 N–H and O–H groups in total. The third-order valence-corrected chi connectivity index (χ3v) is 5.48. The lowest BCUT2D eigenvalue weighted by molar-refractivity contribution is 0.112. The van der Waals surface area contributed by atoms with E-state index in [1.807, 2.05) is 7.05 Å². The van der Waals surface area contributed by atoms with Crippen LogP contribution in [0.1, 0.15) is 16.8 Å². The van der Waals surface area contributed by atoms with Gasteiger partial charge in [0, 0.05) is 49.2 Å². The minimum Gasteiger partial charge on any atom is -0.496 e. The predicted molar refractivity (Wildman–Crippen MR) is 144 cm³/mol. The first-order valence-electron chi connectivity index (χ1n) is 12.0. The number of rotatable bonds is 11. The highest BCUT2D eigenvalue weighted by atomic mass is 19.1. The lowest BCUT2D eigenvalue weighted by Gasteiger charge is -2.14. The zero-order valence-corrected chi connectivity index (χ0v) is 22.1. The second kappa shape index (κ2) is 14.4. The molecule has 0 aliphatic carbocycles. The van der Waals surface area contributed by atoms with Crippen LogP contribution in [0.5, 0.6) is 28.7 Å². The first-order valence-corrected chi connectivity index (χ1v) is 12.0. The van der Waals surface area contributed by atoms with Gasteiger partial charge >= 0.3 is 0 Å². The van der Waals surface area contributed by atoms with E-state index in [0.717, 1.165) is 25.1 Å². The highest BCUT2D eigenvalue weighted by molar-refractivity contribution is 5.88. The Hall–Kier alpha value is -4.51. The summed E-state index contributed by atoms with van der Waals surface area (Å²) in [7, 11) is 6.44. The number of nitrogens with one attached hydrogen (secondary N) is 2. The minimum absolute atomic E-state index is 0.0520. The molecule has 4 rings (SSSR count). The van der Waals surface area contributed by atoms with Crippen LogP contribution in [-0.4, -0.2) is 57.7 Å². The van der Waals surface area contributed by atoms with Gasteiger partial charge in [0.1, 0.15) is 17.3 Å². The van der Waals surface area contributed by atoms with Gasteiger partial charge in [0.25, 0.3) is 0 Å². The Labute approximate surface area is 225 Å². The summed E-state index contributed by atoms with van der Waals surface area (Å²) in [5.74, 6) is 0.415. The van der Waals surface area contributed by atoms with Crippen LogP contribution >= 0.6 is 0 Å². The number of carbonyl (C=O) groups is 1. The maximum Gasteiger partial charge on any atom is 0.167 e. The number of aromatic nitrogens is 2. The predicted octanol–water partition coefficient (Wildman–Crippen LogP) is 5.25. The molecule has 0 atom stereocenters. The van der Waals surface area contributed by atoms with Crippen molar-refractivity contribution in [3.05, 3.63) is 72.2 Å². The summed E-state index contributed by atoms with van der Waals surface area (Å²) < 4.78 is 50.1. The van der Waals surface area contributed by atoms with Crippen LogP contribution in [0.2, 0.25) is 0 Å². The molecule has 2 aromatic carbocycles. The fourth-order valence-corrected chi connectivity index (χ4v) is 3.51. The van der Waals surface area contributed by atoms with Crippen LogP contribution in [0.3, 0.4) is 0 Å². The molecule has 4 aromatic rings. The van der Waals surface area contributed by atoms with E-state index in [1.165, 1.54) is 33.7 Å². The van der Waals surface area contributed by atoms with Gasteiger partial charge in [-0.05, 0) is 38.2 Å². The van der Waals surface area contributed by atoms with E-state index >= 15 is 0 Å². The summed E-state index contributed by atoms with van der Waals surface area (Å²) in [5, 5.41) is 6.23. The van der Waals surface area contributed by atoms with E-state index in [9.17, 15) is 13.6 Å². The Morgan fingerprint density at radius 3 is 2.33 bits per heavy atom. The number of hydrogen-bond donors (Lipinski definition) is 2. The second-order valence-electron chi connectivity index (χ2n) is 7.98. The SMILES string of the molecule is CNCCCOc1cc2nccc(Oc3cc(F)c(NC)cc3F)c2cc1OC.COc1ccncc1C=O. The van der Waals surface area contributed by atoms with Gasteiger partial charge in [0.05, 0.1) is 37.6 Å². The molecular formula is C28H30F2N4O5. The van der Waals surface area contributed by atoms with Crippen molar-refractivity contribution in [2.24, 2.45) is 0 Å². The number of ether oxygens (including phenoxy) is 4. The lowest BCUT2D eigenvalue weighted by atomic mass is 10.1. The smallest absolute Gasteiger partial charge is 0.167 e. The number of carbonyl (C=O) groups excluding carboxylic acids is 1. The first kappa shape index (κ1) is 29.1. The Morgan fingerprint density at radius 1 is 0.897 bits per heavy atom. The topological polar surface area (TPSA) is 104 Å². The van der Waals surface area contributed by atoms with Gasteiger partial charge in [0.2, 0.25) is 0 Å². The highest BCUT2D eigenvalue weighted by Crippen LogP contribution is 2.38. The van der Waals surface area contributed by atoms with Gasteiger partial charge in [-0.1, -0.05) is 0 Å². The molecule has 0 spiro atoms. The number of halogens is 2. The van der Waals surface area contributed by atoms with Gasteiger partial charge in [-0.15, -0.1) is 0 Å². The Bertz CT molecular complexity index is 1400. The van der Waals surface area contributed by atoms with Crippen LogP contribution in [0, 0.1) is 11.6 Å². The fraction of sp³-hybridized carbons (Fsp3) is 0.250. The zero-order chi connectivity index (χ0) is 28.2. The molecule has 0 saturated heterocycles. The number of hydrogen-bond acceptors (Lipinski definition) is 9. The summed E-state index contributed by atoms with van der Waals surface area (Å²) in [6, 6.07) is 8.72. The number of pyridine rings is 2. The fourth-order valence-electron chi connectivity index (χ4n) is 3.51. The largest absolute Gasteiger partial charge is 0.496 e. The van der Waals surface area contributed by atoms with Gasteiger partial charge in [0.15, 0.2) is 29.4 Å². The average molecular weight is 541 g/mol. The van der Waals surface area contributed by atoms with Crippen molar-refractivity contribution in [1.82, 2.24) is 15.3 Å². The molecule has 0 unspecified atom stereocenters. The molecule has 206 valence electrons. The molecule has 2 aromatic heterocycles. The lowest BCUT2D eigenvalue weighted by Crippen LogP contribution is -2.11. The number of anilines is 1. The molecule has 0 bridgehead atoms. The van der Waals surface area contributed by atoms with E-state index in [-0.39, 0.29) is 11.4 Å². The summed E-state index contributed by atoms with van der Waals surface area (Å²) in [4.78, 5) is 18.3.